The molecule has 2 nitrogen and oxygen atoms in total. The molecule has 0 saturated carbocycles. The first kappa shape index (κ1) is 11.0. The van der Waals surface area contributed by atoms with Gasteiger partial charge in [0.15, 0.2) is 0 Å². The van der Waals surface area contributed by atoms with Crippen LogP contribution in [0.4, 0.5) is 18.9 Å². The van der Waals surface area contributed by atoms with Crippen molar-refractivity contribution in [1.29, 1.82) is 0 Å². The zero-order chi connectivity index (χ0) is 11.6. The minimum absolute atomic E-state index is 0.147. The molecule has 1 aliphatic rings. The summed E-state index contributed by atoms with van der Waals surface area (Å²) in [6.07, 6.45) is -3.41. The van der Waals surface area contributed by atoms with Gasteiger partial charge in [-0.05, 0) is 6.07 Å². The Balaban J connectivity index is 2.16. The van der Waals surface area contributed by atoms with Gasteiger partial charge in [-0.1, -0.05) is 18.2 Å². The van der Waals surface area contributed by atoms with Crippen LogP contribution in [-0.2, 0) is 0 Å². The third-order valence-electron chi connectivity index (χ3n) is 2.35. The molecule has 0 aliphatic carbocycles. The molecule has 1 N–H and O–H groups in total. The van der Waals surface area contributed by atoms with Crippen molar-refractivity contribution in [2.75, 3.05) is 11.9 Å². The summed E-state index contributed by atoms with van der Waals surface area (Å²) >= 11 is 0. The number of rotatable bonds is 1. The van der Waals surface area contributed by atoms with E-state index in [0.717, 1.165) is 5.56 Å². The van der Waals surface area contributed by atoms with Crippen LogP contribution in [0.2, 0.25) is 0 Å². The molecule has 0 bridgehead atoms. The Kier molecular flexibility index (Phi) is 2.85. The van der Waals surface area contributed by atoms with Crippen molar-refractivity contribution < 1.29 is 13.2 Å². The van der Waals surface area contributed by atoms with Gasteiger partial charge in [0.05, 0.1) is 19.0 Å². The fourth-order valence-electron chi connectivity index (χ4n) is 1.68. The molecule has 1 aromatic rings. The largest absolute Gasteiger partial charge is 0.391 e. The van der Waals surface area contributed by atoms with Gasteiger partial charge < -0.3 is 5.32 Å². The minimum atomic E-state index is -4.16. The minimum Gasteiger partial charge on any atom is -0.380 e. The van der Waals surface area contributed by atoms with E-state index in [1.807, 2.05) is 12.1 Å². The van der Waals surface area contributed by atoms with Gasteiger partial charge in [-0.3, -0.25) is 4.99 Å². The lowest BCUT2D eigenvalue weighted by atomic mass is 10.1. The normalized spacial score (nSPS) is 19.8. The number of benzodiazepines with no additional fused rings is 1. The number of fused-ring (bicyclic) bond motifs is 1. The van der Waals surface area contributed by atoms with E-state index in [1.165, 1.54) is 0 Å². The van der Waals surface area contributed by atoms with Crippen molar-refractivity contribution in [2.45, 2.75) is 18.6 Å². The van der Waals surface area contributed by atoms with Crippen LogP contribution in [0.15, 0.2) is 29.3 Å². The van der Waals surface area contributed by atoms with Gasteiger partial charge in [0.2, 0.25) is 0 Å². The average Bonchev–Trinajstić information content (AvgIpc) is 2.36. The maximum atomic E-state index is 12.3. The Labute approximate surface area is 91.2 Å². The van der Waals surface area contributed by atoms with Crippen molar-refractivity contribution in [3.8, 4) is 0 Å². The van der Waals surface area contributed by atoms with Crippen LogP contribution in [0.5, 0.6) is 0 Å². The topological polar surface area (TPSA) is 24.4 Å². The van der Waals surface area contributed by atoms with Crippen LogP contribution in [0, 0.1) is 0 Å². The second-order valence-electron chi connectivity index (χ2n) is 3.74. The van der Waals surface area contributed by atoms with Gasteiger partial charge in [-0.2, -0.15) is 13.2 Å². The Hall–Kier alpha value is -1.52. The maximum Gasteiger partial charge on any atom is 0.391 e. The number of para-hydroxylation sites is 1. The summed E-state index contributed by atoms with van der Waals surface area (Å²) in [6.45, 7) is 0.147. The van der Waals surface area contributed by atoms with Gasteiger partial charge in [0, 0.05) is 17.5 Å². The van der Waals surface area contributed by atoms with Crippen LogP contribution < -0.4 is 5.32 Å². The predicted octanol–water partition coefficient (Wildman–Crippen LogP) is 2.85. The van der Waals surface area contributed by atoms with Crippen LogP contribution in [0.25, 0.3) is 0 Å². The molecular weight excluding hydrogens is 217 g/mol. The van der Waals surface area contributed by atoms with E-state index in [4.69, 9.17) is 0 Å². The molecule has 0 spiro atoms. The summed E-state index contributed by atoms with van der Waals surface area (Å²) in [7, 11) is 0. The number of alkyl halides is 3. The number of hydrogen-bond donors (Lipinski definition) is 1. The lowest BCUT2D eigenvalue weighted by Crippen LogP contribution is -2.29. The summed E-state index contributed by atoms with van der Waals surface area (Å²) in [6, 6.07) is 6.52. The van der Waals surface area contributed by atoms with Gasteiger partial charge in [0.25, 0.3) is 0 Å². The number of benzene rings is 1. The summed E-state index contributed by atoms with van der Waals surface area (Å²) in [5, 5.41) is 2.87. The average molecular weight is 228 g/mol. The second-order valence-corrected chi connectivity index (χ2v) is 3.74. The molecule has 2 rings (SSSR count). The van der Waals surface area contributed by atoms with E-state index in [2.05, 4.69) is 10.3 Å². The highest BCUT2D eigenvalue weighted by Crippen LogP contribution is 2.25. The first-order chi connectivity index (χ1) is 7.54. The molecule has 86 valence electrons. The number of anilines is 1. The zero-order valence-corrected chi connectivity index (χ0v) is 8.46. The highest BCUT2D eigenvalue weighted by Gasteiger charge is 2.32. The monoisotopic (exact) mass is 228 g/mol. The van der Waals surface area contributed by atoms with Crippen molar-refractivity contribution in [3.63, 3.8) is 0 Å². The number of halogens is 3. The van der Waals surface area contributed by atoms with Crippen LogP contribution in [0.1, 0.15) is 12.0 Å². The summed E-state index contributed by atoms with van der Waals surface area (Å²) in [5.74, 6) is 0. The Morgan fingerprint density at radius 2 is 2.06 bits per heavy atom. The molecule has 1 unspecified atom stereocenters. The molecular formula is C11H11F3N2. The van der Waals surface area contributed by atoms with E-state index >= 15 is 0 Å². The third kappa shape index (κ3) is 2.74. The van der Waals surface area contributed by atoms with E-state index < -0.39 is 18.6 Å². The number of nitrogens with zero attached hydrogens (tertiary/aromatic N) is 1. The first-order valence-electron chi connectivity index (χ1n) is 4.97. The molecule has 5 heteroatoms. The smallest absolute Gasteiger partial charge is 0.380 e. The first-order valence-corrected chi connectivity index (χ1v) is 4.97. The predicted molar refractivity (Wildman–Crippen MR) is 57.0 cm³/mol. The van der Waals surface area contributed by atoms with Gasteiger partial charge in [-0.25, -0.2) is 0 Å². The molecule has 1 aliphatic heterocycles. The summed E-state index contributed by atoms with van der Waals surface area (Å²) in [5.41, 5.74) is 1.53. The SMILES string of the molecule is FC(F)(F)CC1CN=Cc2ccccc2N1. The second kappa shape index (κ2) is 4.15. The fraction of sp³-hybridized carbons (Fsp3) is 0.364. The van der Waals surface area contributed by atoms with Crippen LogP contribution in [-0.4, -0.2) is 25.0 Å². The molecule has 1 atom stereocenters. The highest BCUT2D eigenvalue weighted by molar-refractivity contribution is 5.88. The van der Waals surface area contributed by atoms with Gasteiger partial charge in [-0.15, -0.1) is 0 Å². The molecule has 0 fully saturated rings. The molecule has 0 aromatic heterocycles. The zero-order valence-electron chi connectivity index (χ0n) is 8.46. The molecule has 1 heterocycles. The van der Waals surface area contributed by atoms with E-state index in [0.29, 0.717) is 5.69 Å². The van der Waals surface area contributed by atoms with Crippen LogP contribution >= 0.6 is 0 Å². The Morgan fingerprint density at radius 1 is 1.31 bits per heavy atom. The maximum absolute atomic E-state index is 12.3. The van der Waals surface area contributed by atoms with E-state index in [9.17, 15) is 13.2 Å². The molecule has 0 amide bonds. The van der Waals surface area contributed by atoms with Crippen LogP contribution in [0.3, 0.4) is 0 Å². The standard InChI is InChI=1S/C11H11F3N2/c12-11(13,14)5-9-7-15-6-8-3-1-2-4-10(8)16-9/h1-4,6,9,16H,5,7H2. The Morgan fingerprint density at radius 3 is 2.81 bits per heavy atom. The van der Waals surface area contributed by atoms with E-state index in [-0.39, 0.29) is 6.54 Å². The number of nitrogens with one attached hydrogen (secondary N) is 1. The van der Waals surface area contributed by atoms with Crippen molar-refractivity contribution >= 4 is 11.9 Å². The van der Waals surface area contributed by atoms with Gasteiger partial charge >= 0.3 is 6.18 Å². The van der Waals surface area contributed by atoms with Gasteiger partial charge in [0.1, 0.15) is 0 Å². The summed E-state index contributed by atoms with van der Waals surface area (Å²) in [4.78, 5) is 3.99. The number of hydrogen-bond acceptors (Lipinski definition) is 2. The van der Waals surface area contributed by atoms with Crippen molar-refractivity contribution in [3.05, 3.63) is 29.8 Å². The quantitative estimate of drug-likeness (QED) is 0.785. The summed E-state index contributed by atoms with van der Waals surface area (Å²) < 4.78 is 36.8. The van der Waals surface area contributed by atoms with E-state index in [1.54, 1.807) is 18.3 Å². The van der Waals surface area contributed by atoms with Crippen molar-refractivity contribution in [1.82, 2.24) is 0 Å². The molecule has 0 radical (unpaired) electrons. The molecule has 1 aromatic carbocycles. The lowest BCUT2D eigenvalue weighted by molar-refractivity contribution is -0.136. The molecule has 0 saturated heterocycles. The highest BCUT2D eigenvalue weighted by atomic mass is 19.4. The fourth-order valence-corrected chi connectivity index (χ4v) is 1.68. The van der Waals surface area contributed by atoms with Crippen molar-refractivity contribution in [2.24, 2.45) is 4.99 Å². The molecule has 16 heavy (non-hydrogen) atoms. The lowest BCUT2D eigenvalue weighted by Gasteiger charge is -2.18. The Bertz CT molecular complexity index is 398. The number of aliphatic imine (C=N–C) groups is 1. The third-order valence-corrected chi connectivity index (χ3v) is 2.35.